The van der Waals surface area contributed by atoms with Crippen molar-refractivity contribution in [1.29, 1.82) is 0 Å². The van der Waals surface area contributed by atoms with Gasteiger partial charge in [0, 0.05) is 10.8 Å². The van der Waals surface area contributed by atoms with Crippen LogP contribution in [0.2, 0.25) is 0 Å². The molecule has 0 bridgehead atoms. The predicted octanol–water partition coefficient (Wildman–Crippen LogP) is 1.78. The van der Waals surface area contributed by atoms with Crippen molar-refractivity contribution >= 4 is 23.6 Å². The number of hydrogen-bond acceptors (Lipinski definition) is 6. The number of rotatable bonds is 0. The van der Waals surface area contributed by atoms with Gasteiger partial charge < -0.3 is 14.2 Å². The van der Waals surface area contributed by atoms with Gasteiger partial charge in [-0.2, -0.15) is 0 Å². The van der Waals surface area contributed by atoms with Crippen molar-refractivity contribution in [1.82, 2.24) is 0 Å². The summed E-state index contributed by atoms with van der Waals surface area (Å²) in [6, 6.07) is 0. The molecular weight excluding hydrogens is 184 g/mol. The van der Waals surface area contributed by atoms with Gasteiger partial charge in [-0.15, -0.1) is 11.3 Å². The van der Waals surface area contributed by atoms with Crippen molar-refractivity contribution in [3.63, 3.8) is 0 Å². The van der Waals surface area contributed by atoms with Gasteiger partial charge in [-0.1, -0.05) is 0 Å². The van der Waals surface area contributed by atoms with E-state index in [2.05, 4.69) is 14.2 Å². The van der Waals surface area contributed by atoms with E-state index in [1.54, 1.807) is 0 Å². The fourth-order valence-electron chi connectivity index (χ4n) is 0.712. The third-order valence-corrected chi connectivity index (χ3v) is 1.85. The molecule has 0 N–H and O–H groups in total. The minimum atomic E-state index is -1.07. The first kappa shape index (κ1) is 7.11. The van der Waals surface area contributed by atoms with Crippen molar-refractivity contribution in [3.8, 4) is 11.5 Å². The monoisotopic (exact) mass is 186 g/mol. The zero-order valence-corrected chi connectivity index (χ0v) is 6.42. The molecule has 0 aromatic carbocycles. The lowest BCUT2D eigenvalue weighted by molar-refractivity contribution is 0.0998. The van der Waals surface area contributed by atoms with E-state index in [1.807, 2.05) is 0 Å². The highest BCUT2D eigenvalue weighted by Gasteiger charge is 2.24. The van der Waals surface area contributed by atoms with E-state index in [0.717, 1.165) is 0 Å². The molecule has 0 saturated heterocycles. The number of carbonyl (C=O) groups is 2. The Hall–Kier alpha value is -1.56. The lowest BCUT2D eigenvalue weighted by atomic mass is 10.5. The Bertz CT molecular complexity index is 311. The maximum Gasteiger partial charge on any atom is 0.524 e. The van der Waals surface area contributed by atoms with E-state index in [9.17, 15) is 9.59 Å². The van der Waals surface area contributed by atoms with Crippen LogP contribution in [0.25, 0.3) is 0 Å². The molecule has 62 valence electrons. The van der Waals surface area contributed by atoms with Gasteiger partial charge in [0.1, 0.15) is 0 Å². The lowest BCUT2D eigenvalue weighted by Gasteiger charge is -1.92. The van der Waals surface area contributed by atoms with Crippen LogP contribution in [-0.4, -0.2) is 12.3 Å². The lowest BCUT2D eigenvalue weighted by Crippen LogP contribution is -2.14. The van der Waals surface area contributed by atoms with E-state index >= 15 is 0 Å². The van der Waals surface area contributed by atoms with Crippen LogP contribution in [0.3, 0.4) is 0 Å². The van der Waals surface area contributed by atoms with E-state index in [-0.39, 0.29) is 11.5 Å². The Labute approximate surface area is 70.5 Å². The van der Waals surface area contributed by atoms with E-state index in [0.29, 0.717) is 0 Å². The summed E-state index contributed by atoms with van der Waals surface area (Å²) in [5.74, 6) is 0.409. The number of carbonyl (C=O) groups excluding carboxylic acids is 2. The van der Waals surface area contributed by atoms with Crippen LogP contribution in [0, 0.1) is 0 Å². The highest BCUT2D eigenvalue weighted by molar-refractivity contribution is 7.08. The number of hydrogen-bond donors (Lipinski definition) is 0. The Morgan fingerprint density at radius 1 is 0.917 bits per heavy atom. The van der Waals surface area contributed by atoms with Gasteiger partial charge in [0.25, 0.3) is 0 Å². The van der Waals surface area contributed by atoms with Crippen molar-refractivity contribution in [2.45, 2.75) is 0 Å². The molecule has 0 spiro atoms. The number of cyclic esters (lactones) is 2. The second kappa shape index (κ2) is 2.49. The zero-order valence-electron chi connectivity index (χ0n) is 5.60. The van der Waals surface area contributed by atoms with Crippen molar-refractivity contribution < 1.29 is 23.8 Å². The van der Waals surface area contributed by atoms with E-state index < -0.39 is 12.3 Å². The summed E-state index contributed by atoms with van der Waals surface area (Å²) >= 11 is 1.26. The highest BCUT2D eigenvalue weighted by atomic mass is 32.1. The standard InChI is InChI=1S/C6H2O5S/c7-5-9-3-1-12-2-4(3)10-6(8)11-5/h1-2H. The van der Waals surface area contributed by atoms with Gasteiger partial charge in [0.15, 0.2) is 11.5 Å². The van der Waals surface area contributed by atoms with Gasteiger partial charge >= 0.3 is 12.3 Å². The number of ether oxygens (including phenoxy) is 3. The Morgan fingerprint density at radius 2 is 1.42 bits per heavy atom. The largest absolute Gasteiger partial charge is 0.524 e. The number of fused-ring (bicyclic) bond motifs is 1. The highest BCUT2D eigenvalue weighted by Crippen LogP contribution is 2.33. The Morgan fingerprint density at radius 3 is 1.92 bits per heavy atom. The van der Waals surface area contributed by atoms with Gasteiger partial charge in [0.05, 0.1) is 0 Å². The van der Waals surface area contributed by atoms with Crippen LogP contribution in [0.5, 0.6) is 11.5 Å². The molecule has 2 rings (SSSR count). The summed E-state index contributed by atoms with van der Waals surface area (Å²) < 4.78 is 13.2. The quantitative estimate of drug-likeness (QED) is 0.456. The Balaban J connectivity index is 2.39. The van der Waals surface area contributed by atoms with Crippen molar-refractivity contribution in [3.05, 3.63) is 10.8 Å². The Kier molecular flexibility index (Phi) is 1.47. The molecule has 0 unspecified atom stereocenters. The summed E-state index contributed by atoms with van der Waals surface area (Å²) in [5, 5.41) is 3.07. The van der Waals surface area contributed by atoms with Crippen molar-refractivity contribution in [2.24, 2.45) is 0 Å². The SMILES string of the molecule is O=C1OC(=O)Oc2cscc2O1. The summed E-state index contributed by atoms with van der Waals surface area (Å²) in [7, 11) is 0. The van der Waals surface area contributed by atoms with Gasteiger partial charge in [-0.05, 0) is 0 Å². The molecule has 0 aliphatic carbocycles. The van der Waals surface area contributed by atoms with Gasteiger partial charge in [-0.3, -0.25) is 0 Å². The van der Waals surface area contributed by atoms with Gasteiger partial charge in [-0.25, -0.2) is 9.59 Å². The molecule has 0 atom stereocenters. The van der Waals surface area contributed by atoms with Crippen LogP contribution >= 0.6 is 11.3 Å². The topological polar surface area (TPSA) is 61.8 Å². The molecule has 1 aromatic rings. The smallest absolute Gasteiger partial charge is 0.390 e. The third-order valence-electron chi connectivity index (χ3n) is 1.15. The molecule has 0 amide bonds. The minimum absolute atomic E-state index is 0.204. The summed E-state index contributed by atoms with van der Waals surface area (Å²) in [4.78, 5) is 21.2. The summed E-state index contributed by atoms with van der Waals surface area (Å²) in [6.07, 6.45) is -2.14. The normalized spacial score (nSPS) is 15.3. The number of thiophene rings is 1. The molecule has 12 heavy (non-hydrogen) atoms. The first-order valence-electron chi connectivity index (χ1n) is 2.93. The molecule has 0 radical (unpaired) electrons. The minimum Gasteiger partial charge on any atom is -0.390 e. The molecule has 1 aromatic heterocycles. The second-order valence-corrected chi connectivity index (χ2v) is 2.65. The first-order chi connectivity index (χ1) is 5.75. The fraction of sp³-hybridized carbons (Fsp3) is 0. The maximum absolute atomic E-state index is 10.6. The average Bonchev–Trinajstić information content (AvgIpc) is 2.31. The molecule has 6 heteroatoms. The molecule has 2 heterocycles. The second-order valence-electron chi connectivity index (χ2n) is 1.91. The molecule has 0 fully saturated rings. The average molecular weight is 186 g/mol. The molecule has 5 nitrogen and oxygen atoms in total. The molecule has 1 aliphatic heterocycles. The fourth-order valence-corrected chi connectivity index (χ4v) is 1.36. The van der Waals surface area contributed by atoms with Gasteiger partial charge in [0.2, 0.25) is 0 Å². The van der Waals surface area contributed by atoms with E-state index in [4.69, 9.17) is 0 Å². The van der Waals surface area contributed by atoms with Crippen LogP contribution in [0.1, 0.15) is 0 Å². The summed E-state index contributed by atoms with van der Waals surface area (Å²) in [5.41, 5.74) is 0. The third kappa shape index (κ3) is 1.12. The maximum atomic E-state index is 10.6. The molecule has 0 saturated carbocycles. The van der Waals surface area contributed by atoms with Crippen LogP contribution in [0.4, 0.5) is 9.59 Å². The predicted molar refractivity (Wildman–Crippen MR) is 37.5 cm³/mol. The van der Waals surface area contributed by atoms with Crippen LogP contribution < -0.4 is 9.47 Å². The van der Waals surface area contributed by atoms with E-state index in [1.165, 1.54) is 22.1 Å². The molecular formula is C6H2O5S. The molecule has 1 aliphatic rings. The zero-order chi connectivity index (χ0) is 8.55. The van der Waals surface area contributed by atoms with Crippen molar-refractivity contribution in [2.75, 3.05) is 0 Å². The first-order valence-corrected chi connectivity index (χ1v) is 3.87. The van der Waals surface area contributed by atoms with Crippen LogP contribution in [0.15, 0.2) is 10.8 Å². The van der Waals surface area contributed by atoms with Crippen LogP contribution in [-0.2, 0) is 4.74 Å². The summed E-state index contributed by atoms with van der Waals surface area (Å²) in [6.45, 7) is 0.